The highest BCUT2D eigenvalue weighted by Crippen LogP contribution is 2.36. The van der Waals surface area contributed by atoms with Gasteiger partial charge in [-0.2, -0.15) is 5.10 Å². The molecule has 1 aromatic carbocycles. The highest BCUT2D eigenvalue weighted by atomic mass is 16.5. The van der Waals surface area contributed by atoms with Crippen molar-refractivity contribution in [1.29, 1.82) is 0 Å². The van der Waals surface area contributed by atoms with Crippen LogP contribution in [-0.4, -0.2) is 30.5 Å². The van der Waals surface area contributed by atoms with Crippen molar-refractivity contribution in [2.24, 2.45) is 7.05 Å². The Labute approximate surface area is 125 Å². The Morgan fingerprint density at radius 1 is 1.14 bits per heavy atom. The summed E-state index contributed by atoms with van der Waals surface area (Å²) in [5.74, 6) is 1.48. The highest BCUT2D eigenvalue weighted by molar-refractivity contribution is 5.72. The maximum atomic E-state index is 5.43. The number of aromatic nitrogens is 2. The minimum Gasteiger partial charge on any atom is -0.493 e. The van der Waals surface area contributed by atoms with Gasteiger partial charge in [0.2, 0.25) is 0 Å². The fraction of sp³-hybridized carbons (Fsp3) is 0.438. The molecule has 0 unspecified atom stereocenters. The number of aryl methyl sites for hydroxylation is 1. The highest BCUT2D eigenvalue weighted by Gasteiger charge is 2.15. The van der Waals surface area contributed by atoms with Gasteiger partial charge in [0.25, 0.3) is 0 Å². The van der Waals surface area contributed by atoms with Crippen LogP contribution in [0.1, 0.15) is 18.2 Å². The van der Waals surface area contributed by atoms with E-state index >= 15 is 0 Å². The van der Waals surface area contributed by atoms with Gasteiger partial charge >= 0.3 is 0 Å². The van der Waals surface area contributed by atoms with Crippen molar-refractivity contribution in [3.63, 3.8) is 0 Å². The summed E-state index contributed by atoms with van der Waals surface area (Å²) in [7, 11) is 5.26. The number of benzene rings is 1. The van der Waals surface area contributed by atoms with Crippen LogP contribution in [-0.2, 0) is 13.6 Å². The van der Waals surface area contributed by atoms with Crippen molar-refractivity contribution in [2.45, 2.75) is 20.4 Å². The number of hydrogen-bond acceptors (Lipinski definition) is 4. The Bertz CT molecular complexity index is 620. The molecule has 1 N–H and O–H groups in total. The Morgan fingerprint density at radius 2 is 1.81 bits per heavy atom. The van der Waals surface area contributed by atoms with E-state index in [1.54, 1.807) is 14.2 Å². The molecule has 0 spiro atoms. The molecule has 0 radical (unpaired) electrons. The smallest absolute Gasteiger partial charge is 0.161 e. The second kappa shape index (κ2) is 6.63. The van der Waals surface area contributed by atoms with E-state index in [4.69, 9.17) is 9.47 Å². The summed E-state index contributed by atoms with van der Waals surface area (Å²) in [4.78, 5) is 0. The maximum absolute atomic E-state index is 5.43. The molecule has 5 nitrogen and oxygen atoms in total. The summed E-state index contributed by atoms with van der Waals surface area (Å²) in [6, 6.07) is 4.05. The molecule has 1 aromatic heterocycles. The third kappa shape index (κ3) is 3.03. The lowest BCUT2D eigenvalue weighted by atomic mass is 9.99. The van der Waals surface area contributed by atoms with Gasteiger partial charge in [-0.05, 0) is 36.7 Å². The fourth-order valence-corrected chi connectivity index (χ4v) is 2.34. The largest absolute Gasteiger partial charge is 0.493 e. The zero-order chi connectivity index (χ0) is 15.4. The van der Waals surface area contributed by atoms with Crippen LogP contribution in [0.2, 0.25) is 0 Å². The van der Waals surface area contributed by atoms with Gasteiger partial charge in [0.1, 0.15) is 0 Å². The van der Waals surface area contributed by atoms with E-state index in [1.807, 2.05) is 30.1 Å². The summed E-state index contributed by atoms with van der Waals surface area (Å²) in [6.45, 7) is 5.85. The van der Waals surface area contributed by atoms with Gasteiger partial charge in [0.05, 0.1) is 20.4 Å². The van der Waals surface area contributed by atoms with Gasteiger partial charge in [-0.25, -0.2) is 0 Å². The predicted molar refractivity (Wildman–Crippen MR) is 83.9 cm³/mol. The minimum atomic E-state index is 0.732. The molecule has 1 heterocycles. The molecule has 0 bridgehead atoms. The van der Waals surface area contributed by atoms with Crippen molar-refractivity contribution in [3.8, 4) is 22.6 Å². The molecule has 0 saturated carbocycles. The van der Waals surface area contributed by atoms with E-state index in [0.29, 0.717) is 0 Å². The quantitative estimate of drug-likeness (QED) is 0.887. The number of methoxy groups -OCH3 is 2. The van der Waals surface area contributed by atoms with E-state index < -0.39 is 0 Å². The van der Waals surface area contributed by atoms with Crippen LogP contribution in [0.3, 0.4) is 0 Å². The fourth-order valence-electron chi connectivity index (χ4n) is 2.34. The molecule has 0 atom stereocenters. The molecule has 0 saturated heterocycles. The minimum absolute atomic E-state index is 0.732. The average molecular weight is 289 g/mol. The number of nitrogens with zero attached hydrogens (tertiary/aromatic N) is 2. The van der Waals surface area contributed by atoms with Crippen molar-refractivity contribution in [1.82, 2.24) is 15.1 Å². The summed E-state index contributed by atoms with van der Waals surface area (Å²) in [6.07, 6.45) is 1.89. The first-order valence-electron chi connectivity index (χ1n) is 7.06. The Morgan fingerprint density at radius 3 is 2.33 bits per heavy atom. The first-order valence-corrected chi connectivity index (χ1v) is 7.06. The van der Waals surface area contributed by atoms with E-state index in [-0.39, 0.29) is 0 Å². The normalized spacial score (nSPS) is 10.7. The summed E-state index contributed by atoms with van der Waals surface area (Å²) < 4.78 is 12.7. The lowest BCUT2D eigenvalue weighted by Crippen LogP contribution is -2.13. The first-order chi connectivity index (χ1) is 10.1. The maximum Gasteiger partial charge on any atom is 0.161 e. The van der Waals surface area contributed by atoms with Crippen molar-refractivity contribution >= 4 is 0 Å². The van der Waals surface area contributed by atoms with Gasteiger partial charge < -0.3 is 14.8 Å². The van der Waals surface area contributed by atoms with E-state index in [2.05, 4.69) is 24.3 Å². The number of rotatable bonds is 6. The summed E-state index contributed by atoms with van der Waals surface area (Å²) in [5, 5.41) is 7.70. The molecule has 0 fully saturated rings. The van der Waals surface area contributed by atoms with E-state index in [0.717, 1.165) is 41.4 Å². The predicted octanol–water partition coefficient (Wildman–Crippen LogP) is 2.52. The Hall–Kier alpha value is -2.01. The van der Waals surface area contributed by atoms with E-state index in [1.165, 1.54) is 5.56 Å². The van der Waals surface area contributed by atoms with Gasteiger partial charge in [-0.15, -0.1) is 0 Å². The number of ether oxygens (including phenoxy) is 2. The van der Waals surface area contributed by atoms with E-state index in [9.17, 15) is 0 Å². The third-order valence-corrected chi connectivity index (χ3v) is 3.70. The zero-order valence-electron chi connectivity index (χ0n) is 13.4. The third-order valence-electron chi connectivity index (χ3n) is 3.70. The van der Waals surface area contributed by atoms with Gasteiger partial charge in [0, 0.05) is 24.8 Å². The van der Waals surface area contributed by atoms with Crippen LogP contribution in [0, 0.1) is 6.92 Å². The topological polar surface area (TPSA) is 48.3 Å². The van der Waals surface area contributed by atoms with Crippen molar-refractivity contribution in [3.05, 3.63) is 29.6 Å². The molecule has 21 heavy (non-hydrogen) atoms. The monoisotopic (exact) mass is 289 g/mol. The van der Waals surface area contributed by atoms with Crippen LogP contribution in [0.25, 0.3) is 11.1 Å². The van der Waals surface area contributed by atoms with Crippen molar-refractivity contribution < 1.29 is 9.47 Å². The second-order valence-corrected chi connectivity index (χ2v) is 4.91. The molecule has 0 aliphatic heterocycles. The molecule has 0 amide bonds. The molecule has 114 valence electrons. The Balaban J connectivity index is 2.58. The SMILES string of the molecule is CCNCc1cc(OC)c(OC)cc1-c1cnn(C)c1C. The molecule has 2 aromatic rings. The van der Waals surface area contributed by atoms with Gasteiger partial charge in [0.15, 0.2) is 11.5 Å². The van der Waals surface area contributed by atoms with Crippen LogP contribution < -0.4 is 14.8 Å². The molecular formula is C16H23N3O2. The number of hydrogen-bond donors (Lipinski definition) is 1. The summed E-state index contributed by atoms with van der Waals surface area (Å²) >= 11 is 0. The lowest BCUT2D eigenvalue weighted by molar-refractivity contribution is 0.354. The zero-order valence-corrected chi connectivity index (χ0v) is 13.4. The van der Waals surface area contributed by atoms with Gasteiger partial charge in [-0.3, -0.25) is 4.68 Å². The molecule has 2 rings (SSSR count). The average Bonchev–Trinajstić information content (AvgIpc) is 2.84. The first kappa shape index (κ1) is 15.4. The second-order valence-electron chi connectivity index (χ2n) is 4.91. The number of nitrogens with one attached hydrogen (secondary N) is 1. The van der Waals surface area contributed by atoms with Crippen molar-refractivity contribution in [2.75, 3.05) is 20.8 Å². The van der Waals surface area contributed by atoms with Crippen LogP contribution in [0.4, 0.5) is 0 Å². The molecular weight excluding hydrogens is 266 g/mol. The standard InChI is InChI=1S/C16H23N3O2/c1-6-17-9-12-7-15(20-4)16(21-5)8-13(12)14-10-18-19(3)11(14)2/h7-8,10,17H,6,9H2,1-5H3. The lowest BCUT2D eigenvalue weighted by Gasteiger charge is -2.15. The van der Waals surface area contributed by atoms with Crippen LogP contribution in [0.15, 0.2) is 18.3 Å². The van der Waals surface area contributed by atoms with Gasteiger partial charge in [-0.1, -0.05) is 6.92 Å². The molecule has 0 aliphatic rings. The Kier molecular flexibility index (Phi) is 4.85. The molecule has 5 heteroatoms. The molecule has 0 aliphatic carbocycles. The summed E-state index contributed by atoms with van der Waals surface area (Å²) in [5.41, 5.74) is 4.54. The van der Waals surface area contributed by atoms with Crippen LogP contribution in [0.5, 0.6) is 11.5 Å². The van der Waals surface area contributed by atoms with Crippen LogP contribution >= 0.6 is 0 Å².